The third-order valence-electron chi connectivity index (χ3n) is 3.49. The molecule has 9 heteroatoms. The van der Waals surface area contributed by atoms with Gasteiger partial charge in [-0.05, 0) is 30.3 Å². The predicted octanol–water partition coefficient (Wildman–Crippen LogP) is 1.55. The summed E-state index contributed by atoms with van der Waals surface area (Å²) < 4.78 is 38.7. The van der Waals surface area contributed by atoms with Gasteiger partial charge in [-0.1, -0.05) is 24.3 Å². The average Bonchev–Trinajstić information content (AvgIpc) is 2.65. The van der Waals surface area contributed by atoms with Crippen LogP contribution in [0.5, 0.6) is 0 Å². The minimum atomic E-state index is -3.69. The van der Waals surface area contributed by atoms with Crippen molar-refractivity contribution in [3.63, 3.8) is 0 Å². The van der Waals surface area contributed by atoms with Gasteiger partial charge in [0.25, 0.3) is 11.8 Å². The highest BCUT2D eigenvalue weighted by Crippen LogP contribution is 2.14. The maximum absolute atomic E-state index is 13.5. The largest absolute Gasteiger partial charge is 0.269 e. The van der Waals surface area contributed by atoms with Crippen molar-refractivity contribution in [2.24, 2.45) is 0 Å². The zero-order valence-electron chi connectivity index (χ0n) is 14.6. The summed E-state index contributed by atoms with van der Waals surface area (Å²) in [5.74, 6) is -1.85. The third kappa shape index (κ3) is 5.22. The smallest absolute Gasteiger partial charge is 0.268 e. The number of halogens is 1. The van der Waals surface area contributed by atoms with E-state index in [0.717, 1.165) is 10.4 Å². The number of hydrazine groups is 1. The van der Waals surface area contributed by atoms with Crippen LogP contribution in [0.1, 0.15) is 15.9 Å². The molecule has 2 aromatic carbocycles. The van der Waals surface area contributed by atoms with E-state index >= 15 is 0 Å². The third-order valence-corrected chi connectivity index (χ3v) is 5.30. The second-order valence-corrected chi connectivity index (χ2v) is 7.77. The van der Waals surface area contributed by atoms with E-state index in [9.17, 15) is 22.4 Å². The van der Waals surface area contributed by atoms with Gasteiger partial charge in [0.15, 0.2) is 0 Å². The van der Waals surface area contributed by atoms with Crippen molar-refractivity contribution in [1.29, 1.82) is 0 Å². The summed E-state index contributed by atoms with van der Waals surface area (Å²) in [4.78, 5) is 23.8. The first-order chi connectivity index (χ1) is 12.7. The average molecular weight is 391 g/mol. The number of sulfonamides is 1. The monoisotopic (exact) mass is 391 g/mol. The Labute approximate surface area is 156 Å². The van der Waals surface area contributed by atoms with Crippen LogP contribution >= 0.6 is 0 Å². The zero-order valence-corrected chi connectivity index (χ0v) is 15.5. The van der Waals surface area contributed by atoms with Crippen molar-refractivity contribution in [2.75, 3.05) is 14.1 Å². The van der Waals surface area contributed by atoms with Crippen LogP contribution in [0.25, 0.3) is 6.08 Å². The van der Waals surface area contributed by atoms with Crippen LogP contribution in [0.4, 0.5) is 4.39 Å². The van der Waals surface area contributed by atoms with Gasteiger partial charge >= 0.3 is 0 Å². The summed E-state index contributed by atoms with van der Waals surface area (Å²) in [6.07, 6.45) is 2.33. The number of nitrogens with one attached hydrogen (secondary N) is 2. The van der Waals surface area contributed by atoms with Crippen LogP contribution in [0.3, 0.4) is 0 Å². The number of nitrogens with zero attached hydrogens (tertiary/aromatic N) is 1. The minimum Gasteiger partial charge on any atom is -0.268 e. The summed E-state index contributed by atoms with van der Waals surface area (Å²) in [6, 6.07) is 11.3. The number of carbonyl (C=O) groups excluding carboxylic acids is 2. The molecule has 0 aromatic heterocycles. The van der Waals surface area contributed by atoms with E-state index in [4.69, 9.17) is 0 Å². The molecular formula is C18H18FN3O4S. The van der Waals surface area contributed by atoms with Crippen LogP contribution in [0.2, 0.25) is 0 Å². The number of carbonyl (C=O) groups is 2. The number of hydrogen-bond donors (Lipinski definition) is 2. The SMILES string of the molecule is CN(C)S(=O)(=O)c1cccc(C(=O)NNC(=O)/C=C/c2ccccc2F)c1. The Bertz CT molecular complexity index is 988. The fourth-order valence-electron chi connectivity index (χ4n) is 2.02. The Balaban J connectivity index is 2.02. The number of rotatable bonds is 5. The van der Waals surface area contributed by atoms with Crippen molar-refractivity contribution < 1.29 is 22.4 Å². The van der Waals surface area contributed by atoms with Gasteiger partial charge in [0.05, 0.1) is 4.90 Å². The lowest BCUT2D eigenvalue weighted by atomic mass is 10.2. The van der Waals surface area contributed by atoms with Gasteiger partial charge in [0, 0.05) is 31.3 Å². The Kier molecular flexibility index (Phi) is 6.43. The highest BCUT2D eigenvalue weighted by atomic mass is 32.2. The molecule has 0 radical (unpaired) electrons. The zero-order chi connectivity index (χ0) is 20.0. The van der Waals surface area contributed by atoms with E-state index in [1.54, 1.807) is 6.07 Å². The number of benzene rings is 2. The maximum Gasteiger partial charge on any atom is 0.269 e. The fraction of sp³-hybridized carbons (Fsp3) is 0.111. The van der Waals surface area contributed by atoms with E-state index in [2.05, 4.69) is 10.9 Å². The molecule has 142 valence electrons. The molecule has 0 spiro atoms. The first kappa shape index (κ1) is 20.3. The molecule has 0 bridgehead atoms. The van der Waals surface area contributed by atoms with Crippen LogP contribution in [-0.4, -0.2) is 38.6 Å². The lowest BCUT2D eigenvalue weighted by Gasteiger charge is -2.12. The van der Waals surface area contributed by atoms with Crippen molar-refractivity contribution in [2.45, 2.75) is 4.90 Å². The molecule has 2 amide bonds. The molecule has 0 saturated carbocycles. The van der Waals surface area contributed by atoms with Gasteiger partial charge in [0.2, 0.25) is 10.0 Å². The van der Waals surface area contributed by atoms with Crippen molar-refractivity contribution in [3.05, 3.63) is 71.6 Å². The molecule has 0 saturated heterocycles. The van der Waals surface area contributed by atoms with Crippen molar-refractivity contribution in [1.82, 2.24) is 15.2 Å². The molecule has 0 aliphatic heterocycles. The second kappa shape index (κ2) is 8.56. The standard InChI is InChI=1S/C18H18FN3O4S/c1-22(2)27(25,26)15-8-5-7-14(12-15)18(24)21-20-17(23)11-10-13-6-3-4-9-16(13)19/h3-12H,1-2H3,(H,20,23)(H,21,24)/b11-10+. The first-order valence-electron chi connectivity index (χ1n) is 7.77. The number of amides is 2. The summed E-state index contributed by atoms with van der Waals surface area (Å²) in [5, 5.41) is 0. The van der Waals surface area contributed by atoms with Gasteiger partial charge in [-0.15, -0.1) is 0 Å². The normalized spacial score (nSPS) is 11.6. The van der Waals surface area contributed by atoms with E-state index in [0.29, 0.717) is 0 Å². The van der Waals surface area contributed by atoms with Crippen LogP contribution in [0, 0.1) is 5.82 Å². The molecule has 7 nitrogen and oxygen atoms in total. The number of hydrogen-bond acceptors (Lipinski definition) is 4. The van der Waals surface area contributed by atoms with E-state index < -0.39 is 27.7 Å². The maximum atomic E-state index is 13.5. The molecule has 27 heavy (non-hydrogen) atoms. The molecule has 2 N–H and O–H groups in total. The Morgan fingerprint density at radius 2 is 1.74 bits per heavy atom. The van der Waals surface area contributed by atoms with Gasteiger partial charge < -0.3 is 0 Å². The summed E-state index contributed by atoms with van der Waals surface area (Å²) in [7, 11) is -0.930. The molecule has 2 rings (SSSR count). The summed E-state index contributed by atoms with van der Waals surface area (Å²) in [6.45, 7) is 0. The topological polar surface area (TPSA) is 95.6 Å². The van der Waals surface area contributed by atoms with Crippen molar-refractivity contribution >= 4 is 27.9 Å². The molecule has 0 aliphatic rings. The quantitative estimate of drug-likeness (QED) is 0.597. The lowest BCUT2D eigenvalue weighted by molar-refractivity contribution is -0.117. The minimum absolute atomic E-state index is 0.0501. The van der Waals surface area contributed by atoms with E-state index in [1.807, 2.05) is 0 Å². The second-order valence-electron chi connectivity index (χ2n) is 5.61. The van der Waals surface area contributed by atoms with Crippen molar-refractivity contribution in [3.8, 4) is 0 Å². The first-order valence-corrected chi connectivity index (χ1v) is 9.21. The van der Waals surface area contributed by atoms with E-state index in [-0.39, 0.29) is 16.0 Å². The molecular weight excluding hydrogens is 373 g/mol. The molecule has 0 fully saturated rings. The highest BCUT2D eigenvalue weighted by molar-refractivity contribution is 7.89. The molecule has 0 aliphatic carbocycles. The molecule has 2 aromatic rings. The van der Waals surface area contributed by atoms with Gasteiger partial charge in [-0.2, -0.15) is 0 Å². The lowest BCUT2D eigenvalue weighted by Crippen LogP contribution is -2.40. The molecule has 0 atom stereocenters. The molecule has 0 unspecified atom stereocenters. The van der Waals surface area contributed by atoms with Crippen LogP contribution in [-0.2, 0) is 14.8 Å². The predicted molar refractivity (Wildman–Crippen MR) is 98.4 cm³/mol. The van der Waals surface area contributed by atoms with Gasteiger partial charge in [-0.3, -0.25) is 20.4 Å². The fourth-order valence-corrected chi connectivity index (χ4v) is 2.96. The Hall–Kier alpha value is -3.04. The van der Waals surface area contributed by atoms with Gasteiger partial charge in [0.1, 0.15) is 5.82 Å². The highest BCUT2D eigenvalue weighted by Gasteiger charge is 2.18. The van der Waals surface area contributed by atoms with Crippen LogP contribution in [0.15, 0.2) is 59.5 Å². The van der Waals surface area contributed by atoms with Gasteiger partial charge in [-0.25, -0.2) is 17.1 Å². The van der Waals surface area contributed by atoms with Crippen LogP contribution < -0.4 is 10.9 Å². The Morgan fingerprint density at radius 3 is 2.41 bits per heavy atom. The Morgan fingerprint density at radius 1 is 1.04 bits per heavy atom. The summed E-state index contributed by atoms with van der Waals surface area (Å²) >= 11 is 0. The molecule has 0 heterocycles. The summed E-state index contributed by atoms with van der Waals surface area (Å²) in [5.41, 5.74) is 4.58. The van der Waals surface area contributed by atoms with E-state index in [1.165, 1.54) is 62.6 Å².